The van der Waals surface area contributed by atoms with E-state index in [4.69, 9.17) is 9.84 Å². The Hall–Kier alpha value is -2.14. The summed E-state index contributed by atoms with van der Waals surface area (Å²) >= 11 is 3.40. The van der Waals surface area contributed by atoms with Crippen LogP contribution in [0.25, 0.3) is 0 Å². The number of aliphatic imine (C=N–C) groups is 1. The molecule has 106 valence electrons. The number of aliphatic carboxylic acids is 1. The van der Waals surface area contributed by atoms with Crippen LogP contribution in [0, 0.1) is 0 Å². The second-order valence-corrected chi connectivity index (χ2v) is 5.64. The molecule has 0 aromatic heterocycles. The second kappa shape index (κ2) is 5.69. The van der Waals surface area contributed by atoms with E-state index in [0.29, 0.717) is 23.6 Å². The summed E-state index contributed by atoms with van der Waals surface area (Å²) in [6.07, 6.45) is -0.0174. The van der Waals surface area contributed by atoms with Crippen molar-refractivity contribution in [1.82, 2.24) is 0 Å². The molecule has 1 aliphatic rings. The number of hydrogen-bond donors (Lipinski definition) is 1. The molecule has 0 unspecified atom stereocenters. The van der Waals surface area contributed by atoms with Gasteiger partial charge in [0.15, 0.2) is 0 Å². The van der Waals surface area contributed by atoms with Gasteiger partial charge in [-0.3, -0.25) is 4.79 Å². The van der Waals surface area contributed by atoms with Crippen LogP contribution in [0.3, 0.4) is 0 Å². The molecule has 4 nitrogen and oxygen atoms in total. The molecule has 0 saturated heterocycles. The van der Waals surface area contributed by atoms with Crippen LogP contribution < -0.4 is 4.74 Å². The molecule has 1 aliphatic heterocycles. The van der Waals surface area contributed by atoms with Crippen molar-refractivity contribution in [3.63, 3.8) is 0 Å². The van der Waals surface area contributed by atoms with Crippen LogP contribution in [0.15, 0.2) is 51.9 Å². The van der Waals surface area contributed by atoms with E-state index >= 15 is 0 Å². The predicted molar refractivity (Wildman–Crippen MR) is 83.6 cm³/mol. The minimum Gasteiger partial charge on any atom is -0.485 e. The van der Waals surface area contributed by atoms with Crippen molar-refractivity contribution < 1.29 is 14.6 Å². The number of hydrogen-bond acceptors (Lipinski definition) is 3. The van der Waals surface area contributed by atoms with Gasteiger partial charge in [-0.05, 0) is 35.4 Å². The molecular formula is C16H12BrNO3. The molecule has 0 radical (unpaired) electrons. The van der Waals surface area contributed by atoms with Crippen LogP contribution in [0.2, 0.25) is 0 Å². The van der Waals surface area contributed by atoms with E-state index in [1.807, 2.05) is 24.3 Å². The van der Waals surface area contributed by atoms with E-state index in [9.17, 15) is 4.79 Å². The summed E-state index contributed by atoms with van der Waals surface area (Å²) < 4.78 is 6.70. The van der Waals surface area contributed by atoms with E-state index < -0.39 is 5.97 Å². The first-order valence-corrected chi connectivity index (χ1v) is 7.22. The quantitative estimate of drug-likeness (QED) is 0.924. The highest BCUT2D eigenvalue weighted by atomic mass is 79.9. The monoisotopic (exact) mass is 345 g/mol. The average molecular weight is 346 g/mol. The van der Waals surface area contributed by atoms with E-state index in [-0.39, 0.29) is 6.42 Å². The van der Waals surface area contributed by atoms with Crippen molar-refractivity contribution in [2.75, 3.05) is 6.61 Å². The summed E-state index contributed by atoms with van der Waals surface area (Å²) in [6.45, 7) is 0.410. The fourth-order valence-electron chi connectivity index (χ4n) is 2.17. The van der Waals surface area contributed by atoms with Crippen molar-refractivity contribution >= 4 is 33.3 Å². The van der Waals surface area contributed by atoms with Crippen molar-refractivity contribution in [3.8, 4) is 5.75 Å². The summed E-state index contributed by atoms with van der Waals surface area (Å²) in [4.78, 5) is 15.4. The minimum atomic E-state index is -0.858. The van der Waals surface area contributed by atoms with Gasteiger partial charge < -0.3 is 9.84 Å². The van der Waals surface area contributed by atoms with Crippen LogP contribution in [-0.4, -0.2) is 23.4 Å². The van der Waals surface area contributed by atoms with Crippen LogP contribution in [-0.2, 0) is 11.2 Å². The van der Waals surface area contributed by atoms with E-state index in [2.05, 4.69) is 20.9 Å². The topological polar surface area (TPSA) is 58.9 Å². The van der Waals surface area contributed by atoms with Crippen LogP contribution in [0.1, 0.15) is 11.1 Å². The first-order valence-electron chi connectivity index (χ1n) is 6.43. The van der Waals surface area contributed by atoms with Crippen molar-refractivity contribution in [2.45, 2.75) is 6.42 Å². The molecule has 5 heteroatoms. The molecule has 0 spiro atoms. The maximum Gasteiger partial charge on any atom is 0.307 e. The lowest BCUT2D eigenvalue weighted by atomic mass is 10.1. The fourth-order valence-corrected chi connectivity index (χ4v) is 2.44. The van der Waals surface area contributed by atoms with E-state index in [0.717, 1.165) is 15.7 Å². The summed E-state index contributed by atoms with van der Waals surface area (Å²) in [5.74, 6) is -0.172. The zero-order valence-electron chi connectivity index (χ0n) is 11.0. The Morgan fingerprint density at radius 1 is 1.24 bits per heavy atom. The number of carboxylic acids is 1. The summed E-state index contributed by atoms with van der Waals surface area (Å²) in [5.41, 5.74) is 3.22. The Kier molecular flexibility index (Phi) is 3.75. The van der Waals surface area contributed by atoms with Gasteiger partial charge in [-0.2, -0.15) is 0 Å². The molecule has 0 bridgehead atoms. The van der Waals surface area contributed by atoms with Gasteiger partial charge in [0.05, 0.1) is 12.1 Å². The predicted octanol–water partition coefficient (Wildman–Crippen LogP) is 3.59. The molecule has 2 aromatic rings. The number of rotatable bonds is 3. The summed E-state index contributed by atoms with van der Waals surface area (Å²) in [5, 5.41) is 8.86. The Morgan fingerprint density at radius 2 is 2.00 bits per heavy atom. The zero-order valence-corrected chi connectivity index (χ0v) is 12.6. The number of ether oxygens (including phenoxy) is 1. The number of benzene rings is 2. The second-order valence-electron chi connectivity index (χ2n) is 4.73. The van der Waals surface area contributed by atoms with Crippen molar-refractivity contribution in [3.05, 3.63) is 58.1 Å². The Morgan fingerprint density at radius 3 is 2.71 bits per heavy atom. The third kappa shape index (κ3) is 3.13. The molecule has 2 aromatic carbocycles. The number of halogens is 1. The van der Waals surface area contributed by atoms with Gasteiger partial charge in [0.25, 0.3) is 0 Å². The molecule has 0 amide bonds. The molecule has 0 fully saturated rings. The summed E-state index contributed by atoms with van der Waals surface area (Å²) in [6, 6.07) is 13.1. The van der Waals surface area contributed by atoms with E-state index in [1.54, 1.807) is 18.2 Å². The van der Waals surface area contributed by atoms with Crippen LogP contribution in [0.4, 0.5) is 5.69 Å². The SMILES string of the molecule is O=C(O)Cc1ccc2c(c1)N=C(c1ccc(Br)cc1)CO2. The van der Waals surface area contributed by atoms with Gasteiger partial charge in [-0.25, -0.2) is 4.99 Å². The fraction of sp³-hybridized carbons (Fsp3) is 0.125. The van der Waals surface area contributed by atoms with Gasteiger partial charge in [0, 0.05) is 4.47 Å². The number of fused-ring (bicyclic) bond motifs is 1. The molecule has 0 saturated carbocycles. The highest BCUT2D eigenvalue weighted by Crippen LogP contribution is 2.32. The first kappa shape index (κ1) is 13.8. The maximum absolute atomic E-state index is 10.8. The molecule has 3 rings (SSSR count). The third-order valence-electron chi connectivity index (χ3n) is 3.18. The smallest absolute Gasteiger partial charge is 0.307 e. The number of carboxylic acid groups (broad SMARTS) is 1. The standard InChI is InChI=1S/C16H12BrNO3/c17-12-4-2-11(3-5-12)14-9-21-15-6-1-10(8-16(19)20)7-13(15)18-14/h1-7H,8-9H2,(H,19,20). The Bertz CT molecular complexity index is 723. The Balaban J connectivity index is 1.95. The van der Waals surface area contributed by atoms with Gasteiger partial charge >= 0.3 is 5.97 Å². The molecule has 1 heterocycles. The van der Waals surface area contributed by atoms with Crippen LogP contribution >= 0.6 is 15.9 Å². The summed E-state index contributed by atoms with van der Waals surface area (Å²) in [7, 11) is 0. The van der Waals surface area contributed by atoms with Crippen molar-refractivity contribution in [2.24, 2.45) is 4.99 Å². The largest absolute Gasteiger partial charge is 0.485 e. The maximum atomic E-state index is 10.8. The lowest BCUT2D eigenvalue weighted by molar-refractivity contribution is -0.136. The zero-order chi connectivity index (χ0) is 14.8. The average Bonchev–Trinajstić information content (AvgIpc) is 2.46. The van der Waals surface area contributed by atoms with Gasteiger partial charge in [-0.1, -0.05) is 34.1 Å². The van der Waals surface area contributed by atoms with Crippen LogP contribution in [0.5, 0.6) is 5.75 Å². The minimum absolute atomic E-state index is 0.0174. The first-order chi connectivity index (χ1) is 10.1. The normalized spacial score (nSPS) is 13.1. The number of nitrogens with zero attached hydrogens (tertiary/aromatic N) is 1. The molecule has 21 heavy (non-hydrogen) atoms. The molecule has 0 atom stereocenters. The molecule has 1 N–H and O–H groups in total. The third-order valence-corrected chi connectivity index (χ3v) is 3.70. The Labute approximate surface area is 130 Å². The molecule has 0 aliphatic carbocycles. The lowest BCUT2D eigenvalue weighted by Gasteiger charge is -2.17. The lowest BCUT2D eigenvalue weighted by Crippen LogP contribution is -2.16. The van der Waals surface area contributed by atoms with Gasteiger partial charge in [0.1, 0.15) is 18.0 Å². The highest BCUT2D eigenvalue weighted by molar-refractivity contribution is 9.10. The molecular weight excluding hydrogens is 334 g/mol. The van der Waals surface area contributed by atoms with Gasteiger partial charge in [-0.15, -0.1) is 0 Å². The number of carbonyl (C=O) groups is 1. The van der Waals surface area contributed by atoms with Gasteiger partial charge in [0.2, 0.25) is 0 Å². The van der Waals surface area contributed by atoms with Crippen molar-refractivity contribution in [1.29, 1.82) is 0 Å². The highest BCUT2D eigenvalue weighted by Gasteiger charge is 2.15. The van der Waals surface area contributed by atoms with E-state index in [1.165, 1.54) is 0 Å².